The van der Waals surface area contributed by atoms with E-state index in [9.17, 15) is 9.59 Å². The average Bonchev–Trinajstić information content (AvgIpc) is 2.60. The molecule has 5 heteroatoms. The van der Waals surface area contributed by atoms with Crippen molar-refractivity contribution in [3.63, 3.8) is 0 Å². The van der Waals surface area contributed by atoms with E-state index in [-0.39, 0.29) is 24.0 Å². The molecule has 3 amide bonds. The predicted octanol–water partition coefficient (Wildman–Crippen LogP) is -1.10. The number of nitrogens with zero attached hydrogens (tertiary/aromatic N) is 1. The topological polar surface area (TPSA) is 61.4 Å². The molecule has 2 rings (SSSR count). The molecule has 2 N–H and O–H groups in total. The van der Waals surface area contributed by atoms with Crippen LogP contribution in [-0.4, -0.2) is 42.5 Å². The summed E-state index contributed by atoms with van der Waals surface area (Å²) >= 11 is 0. The third-order valence-corrected chi connectivity index (χ3v) is 2.42. The molecule has 2 fully saturated rings. The van der Waals surface area contributed by atoms with Gasteiger partial charge < -0.3 is 15.5 Å². The Morgan fingerprint density at radius 1 is 1.75 bits per heavy atom. The molecule has 0 aromatic carbocycles. The zero-order valence-electron chi connectivity index (χ0n) is 6.83. The van der Waals surface area contributed by atoms with Crippen molar-refractivity contribution in [1.29, 1.82) is 0 Å². The number of amides is 3. The van der Waals surface area contributed by atoms with E-state index in [1.54, 1.807) is 11.9 Å². The Hall–Kier alpha value is -1.26. The molecule has 0 aromatic heterocycles. The van der Waals surface area contributed by atoms with Crippen molar-refractivity contribution in [2.45, 2.75) is 18.5 Å². The van der Waals surface area contributed by atoms with Gasteiger partial charge in [-0.2, -0.15) is 0 Å². The zero-order chi connectivity index (χ0) is 8.72. The van der Waals surface area contributed by atoms with E-state index in [2.05, 4.69) is 10.6 Å². The Morgan fingerprint density at radius 2 is 2.50 bits per heavy atom. The summed E-state index contributed by atoms with van der Waals surface area (Å²) in [5, 5.41) is 5.32. The maximum atomic E-state index is 11.2. The summed E-state index contributed by atoms with van der Waals surface area (Å²) in [7, 11) is 1.58. The first-order valence-electron chi connectivity index (χ1n) is 4.01. The van der Waals surface area contributed by atoms with Crippen LogP contribution in [0.2, 0.25) is 0 Å². The van der Waals surface area contributed by atoms with Crippen molar-refractivity contribution in [2.75, 3.05) is 13.6 Å². The maximum absolute atomic E-state index is 11.2. The summed E-state index contributed by atoms with van der Waals surface area (Å²) in [5.74, 6) is -0.0187. The minimum Gasteiger partial charge on any atom is -0.350 e. The fourth-order valence-corrected chi connectivity index (χ4v) is 1.85. The number of urea groups is 1. The number of hydrogen-bond donors (Lipinski definition) is 2. The number of nitrogens with one attached hydrogen (secondary N) is 2. The SMILES string of the molecule is CNC(=O)N1CC2CC1C(=O)N2. The molecule has 0 saturated carbocycles. The van der Waals surface area contributed by atoms with Crippen molar-refractivity contribution in [3.05, 3.63) is 0 Å². The standard InChI is InChI=1S/C7H11N3O2/c1-8-7(12)10-3-4-2-5(10)6(11)9-4/h4-5H,2-3H2,1H3,(H,8,12)(H,9,11). The lowest BCUT2D eigenvalue weighted by atomic mass is 10.2. The second kappa shape index (κ2) is 2.36. The first-order chi connectivity index (χ1) is 5.72. The Balaban J connectivity index is 2.12. The number of rotatable bonds is 0. The number of carbonyl (C=O) groups is 2. The number of likely N-dealkylation sites (tertiary alicyclic amines) is 1. The summed E-state index contributed by atoms with van der Waals surface area (Å²) in [6.07, 6.45) is 0.770. The van der Waals surface area contributed by atoms with Crippen LogP contribution in [0.5, 0.6) is 0 Å². The van der Waals surface area contributed by atoms with Crippen LogP contribution in [0.15, 0.2) is 0 Å². The van der Waals surface area contributed by atoms with Crippen molar-refractivity contribution in [3.8, 4) is 0 Å². The van der Waals surface area contributed by atoms with Gasteiger partial charge in [0.25, 0.3) is 0 Å². The molecule has 5 nitrogen and oxygen atoms in total. The van der Waals surface area contributed by atoms with Crippen LogP contribution in [0.25, 0.3) is 0 Å². The molecule has 12 heavy (non-hydrogen) atoms. The van der Waals surface area contributed by atoms with E-state index in [0.717, 1.165) is 6.42 Å². The molecule has 2 bridgehead atoms. The van der Waals surface area contributed by atoms with E-state index in [0.29, 0.717) is 6.54 Å². The second-order valence-electron chi connectivity index (χ2n) is 3.16. The predicted molar refractivity (Wildman–Crippen MR) is 41.5 cm³/mol. The highest BCUT2D eigenvalue weighted by molar-refractivity contribution is 5.90. The molecule has 2 aliphatic rings. The minimum atomic E-state index is -0.227. The number of hydrogen-bond acceptors (Lipinski definition) is 2. The second-order valence-corrected chi connectivity index (χ2v) is 3.16. The normalized spacial score (nSPS) is 32.1. The van der Waals surface area contributed by atoms with E-state index in [1.807, 2.05) is 0 Å². The lowest BCUT2D eigenvalue weighted by molar-refractivity contribution is -0.124. The Labute approximate surface area is 70.1 Å². The largest absolute Gasteiger partial charge is 0.350 e. The fourth-order valence-electron chi connectivity index (χ4n) is 1.85. The molecule has 2 heterocycles. The molecule has 0 aliphatic carbocycles. The van der Waals surface area contributed by atoms with Crippen LogP contribution in [0.4, 0.5) is 4.79 Å². The van der Waals surface area contributed by atoms with Gasteiger partial charge in [0.1, 0.15) is 6.04 Å². The molecule has 2 atom stereocenters. The highest BCUT2D eigenvalue weighted by Gasteiger charge is 2.45. The van der Waals surface area contributed by atoms with Gasteiger partial charge in [-0.1, -0.05) is 0 Å². The quantitative estimate of drug-likeness (QED) is 0.483. The van der Waals surface area contributed by atoms with Crippen LogP contribution >= 0.6 is 0 Å². The molecule has 0 spiro atoms. The molecule has 0 radical (unpaired) electrons. The lowest BCUT2D eigenvalue weighted by Gasteiger charge is -2.25. The molecule has 2 unspecified atom stereocenters. The number of fused-ring (bicyclic) bond motifs is 2. The number of piperazine rings is 1. The summed E-state index contributed by atoms with van der Waals surface area (Å²) in [4.78, 5) is 23.9. The van der Waals surface area contributed by atoms with Gasteiger partial charge in [-0.05, 0) is 6.42 Å². The molecule has 0 aromatic rings. The molecule has 2 saturated heterocycles. The van der Waals surface area contributed by atoms with Gasteiger partial charge in [0, 0.05) is 19.6 Å². The van der Waals surface area contributed by atoms with Crippen molar-refractivity contribution < 1.29 is 9.59 Å². The summed E-state index contributed by atoms with van der Waals surface area (Å²) in [6.45, 7) is 0.649. The van der Waals surface area contributed by atoms with E-state index in [4.69, 9.17) is 0 Å². The van der Waals surface area contributed by atoms with Gasteiger partial charge in [-0.15, -0.1) is 0 Å². The first-order valence-corrected chi connectivity index (χ1v) is 4.01. The highest BCUT2D eigenvalue weighted by Crippen LogP contribution is 2.23. The van der Waals surface area contributed by atoms with Crippen LogP contribution in [0.3, 0.4) is 0 Å². The van der Waals surface area contributed by atoms with Gasteiger partial charge >= 0.3 is 6.03 Å². The average molecular weight is 169 g/mol. The van der Waals surface area contributed by atoms with E-state index >= 15 is 0 Å². The Bertz CT molecular complexity index is 241. The lowest BCUT2D eigenvalue weighted by Crippen LogP contribution is -2.52. The van der Waals surface area contributed by atoms with Gasteiger partial charge in [-0.25, -0.2) is 4.79 Å². The molecule has 2 aliphatic heterocycles. The van der Waals surface area contributed by atoms with Crippen molar-refractivity contribution >= 4 is 11.9 Å². The number of carbonyl (C=O) groups excluding carboxylic acids is 2. The fraction of sp³-hybridized carbons (Fsp3) is 0.714. The molecule has 66 valence electrons. The smallest absolute Gasteiger partial charge is 0.317 e. The molecular weight excluding hydrogens is 158 g/mol. The van der Waals surface area contributed by atoms with Crippen LogP contribution in [-0.2, 0) is 4.79 Å². The third-order valence-electron chi connectivity index (χ3n) is 2.42. The van der Waals surface area contributed by atoms with Gasteiger partial charge in [0.15, 0.2) is 0 Å². The van der Waals surface area contributed by atoms with Crippen molar-refractivity contribution in [1.82, 2.24) is 15.5 Å². The maximum Gasteiger partial charge on any atom is 0.317 e. The van der Waals surface area contributed by atoms with Gasteiger partial charge in [0.05, 0.1) is 0 Å². The van der Waals surface area contributed by atoms with E-state index < -0.39 is 0 Å². The summed E-state index contributed by atoms with van der Waals surface area (Å²) in [6, 6.07) is -0.202. The van der Waals surface area contributed by atoms with Gasteiger partial charge in [0.2, 0.25) is 5.91 Å². The van der Waals surface area contributed by atoms with Crippen LogP contribution < -0.4 is 10.6 Å². The zero-order valence-corrected chi connectivity index (χ0v) is 6.83. The van der Waals surface area contributed by atoms with Crippen LogP contribution in [0, 0.1) is 0 Å². The first kappa shape index (κ1) is 7.39. The van der Waals surface area contributed by atoms with Crippen molar-refractivity contribution in [2.24, 2.45) is 0 Å². The summed E-state index contributed by atoms with van der Waals surface area (Å²) < 4.78 is 0. The highest BCUT2D eigenvalue weighted by atomic mass is 16.2. The van der Waals surface area contributed by atoms with Crippen LogP contribution in [0.1, 0.15) is 6.42 Å². The Morgan fingerprint density at radius 3 is 3.00 bits per heavy atom. The summed E-state index contributed by atoms with van der Waals surface area (Å²) in [5.41, 5.74) is 0. The Kier molecular flexibility index (Phi) is 1.46. The third kappa shape index (κ3) is 0.855. The molecular formula is C7H11N3O2. The minimum absolute atomic E-state index is 0.0187. The van der Waals surface area contributed by atoms with E-state index in [1.165, 1.54) is 0 Å². The monoisotopic (exact) mass is 169 g/mol. The van der Waals surface area contributed by atoms with Gasteiger partial charge in [-0.3, -0.25) is 4.79 Å².